The van der Waals surface area contributed by atoms with Gasteiger partial charge in [0, 0.05) is 13.2 Å². The molecule has 2 aliphatic rings. The van der Waals surface area contributed by atoms with E-state index in [1.54, 1.807) is 12.0 Å². The fraction of sp³-hybridized carbons (Fsp3) is 0.800. The third kappa shape index (κ3) is 1.33. The van der Waals surface area contributed by atoms with Crippen molar-refractivity contribution in [2.24, 2.45) is 10.7 Å². The number of urea groups is 1. The highest BCUT2D eigenvalue weighted by atomic mass is 16.5. The predicted molar refractivity (Wildman–Crippen MR) is 56.8 cm³/mol. The van der Waals surface area contributed by atoms with E-state index in [4.69, 9.17) is 10.5 Å². The van der Waals surface area contributed by atoms with E-state index in [1.807, 2.05) is 13.8 Å². The first-order chi connectivity index (χ1) is 7.01. The Bertz CT molecular complexity index is 325. The molecule has 84 valence electrons. The van der Waals surface area contributed by atoms with E-state index < -0.39 is 5.54 Å². The molecule has 0 aromatic carbocycles. The van der Waals surface area contributed by atoms with E-state index in [0.29, 0.717) is 11.9 Å². The van der Waals surface area contributed by atoms with Gasteiger partial charge in [-0.1, -0.05) is 0 Å². The van der Waals surface area contributed by atoms with Crippen molar-refractivity contribution in [2.75, 3.05) is 7.11 Å². The lowest BCUT2D eigenvalue weighted by Gasteiger charge is -2.38. The minimum Gasteiger partial charge on any atom is -0.385 e. The number of hydrogen-bond donors (Lipinski definition) is 1. The molecule has 2 N–H and O–H groups in total. The number of nitrogens with zero attached hydrogens (tertiary/aromatic N) is 2. The monoisotopic (exact) mass is 211 g/mol. The first-order valence-corrected chi connectivity index (χ1v) is 5.22. The third-order valence-corrected chi connectivity index (χ3v) is 3.50. The molecule has 0 aromatic heterocycles. The van der Waals surface area contributed by atoms with E-state index in [0.717, 1.165) is 12.8 Å². The van der Waals surface area contributed by atoms with Crippen LogP contribution in [0, 0.1) is 0 Å². The van der Waals surface area contributed by atoms with Crippen LogP contribution in [-0.2, 0) is 4.74 Å². The molecule has 0 aromatic rings. The van der Waals surface area contributed by atoms with Crippen LogP contribution in [0.2, 0.25) is 0 Å². The van der Waals surface area contributed by atoms with Crippen molar-refractivity contribution >= 4 is 11.9 Å². The average molecular weight is 211 g/mol. The van der Waals surface area contributed by atoms with Crippen LogP contribution in [0.15, 0.2) is 4.99 Å². The highest BCUT2D eigenvalue weighted by Crippen LogP contribution is 2.38. The molecule has 2 unspecified atom stereocenters. The summed E-state index contributed by atoms with van der Waals surface area (Å²) in [5.74, 6) is 0.369. The number of nitrogens with two attached hydrogens (primary N) is 1. The van der Waals surface area contributed by atoms with Gasteiger partial charge in [-0.2, -0.15) is 4.99 Å². The van der Waals surface area contributed by atoms with E-state index in [2.05, 4.69) is 4.99 Å². The molecule has 5 heteroatoms. The number of carbonyl (C=O) groups excluding carboxylic acids is 1. The van der Waals surface area contributed by atoms with Crippen molar-refractivity contribution in [1.29, 1.82) is 0 Å². The zero-order valence-electron chi connectivity index (χ0n) is 9.36. The minimum absolute atomic E-state index is 0.145. The van der Waals surface area contributed by atoms with Crippen molar-refractivity contribution in [3.63, 3.8) is 0 Å². The Hall–Kier alpha value is -1.10. The van der Waals surface area contributed by atoms with Gasteiger partial charge in [-0.05, 0) is 26.7 Å². The molecule has 1 heterocycles. The van der Waals surface area contributed by atoms with Crippen molar-refractivity contribution in [3.05, 3.63) is 0 Å². The van der Waals surface area contributed by atoms with Crippen LogP contribution in [0.1, 0.15) is 26.7 Å². The lowest BCUT2D eigenvalue weighted by Crippen LogP contribution is -2.59. The van der Waals surface area contributed by atoms with Crippen LogP contribution < -0.4 is 5.73 Å². The first kappa shape index (κ1) is 10.4. The molecule has 0 saturated heterocycles. The average Bonchev–Trinajstić information content (AvgIpc) is 2.96. The highest BCUT2D eigenvalue weighted by molar-refractivity contribution is 6.06. The molecule has 1 saturated carbocycles. The molecule has 2 rings (SSSR count). The molecule has 2 atom stereocenters. The minimum atomic E-state index is -0.576. The van der Waals surface area contributed by atoms with Gasteiger partial charge in [0.1, 0.15) is 11.4 Å². The molecule has 5 nitrogen and oxygen atoms in total. The van der Waals surface area contributed by atoms with Crippen molar-refractivity contribution in [3.8, 4) is 0 Å². The van der Waals surface area contributed by atoms with E-state index in [1.165, 1.54) is 0 Å². The van der Waals surface area contributed by atoms with Gasteiger partial charge in [-0.25, -0.2) is 4.79 Å². The molecule has 1 aliphatic heterocycles. The van der Waals surface area contributed by atoms with Crippen LogP contribution in [-0.4, -0.2) is 41.6 Å². The summed E-state index contributed by atoms with van der Waals surface area (Å²) in [6.07, 6.45) is 1.94. The summed E-state index contributed by atoms with van der Waals surface area (Å²) >= 11 is 0. The molecular weight excluding hydrogens is 194 g/mol. The molecule has 0 radical (unpaired) electrons. The normalized spacial score (nSPS) is 33.1. The second-order valence-electron chi connectivity index (χ2n) is 4.41. The van der Waals surface area contributed by atoms with Gasteiger partial charge < -0.3 is 15.4 Å². The maximum absolute atomic E-state index is 11.7. The predicted octanol–water partition coefficient (Wildman–Crippen LogP) is 0.735. The van der Waals surface area contributed by atoms with Crippen LogP contribution in [0.4, 0.5) is 4.79 Å². The van der Waals surface area contributed by atoms with Gasteiger partial charge in [0.05, 0.1) is 6.10 Å². The Morgan fingerprint density at radius 2 is 2.27 bits per heavy atom. The second kappa shape index (κ2) is 3.20. The molecule has 15 heavy (non-hydrogen) atoms. The largest absolute Gasteiger partial charge is 0.385 e. The Morgan fingerprint density at radius 3 is 2.73 bits per heavy atom. The molecule has 1 aliphatic carbocycles. The smallest absolute Gasteiger partial charge is 0.346 e. The topological polar surface area (TPSA) is 67.9 Å². The van der Waals surface area contributed by atoms with Gasteiger partial charge in [-0.15, -0.1) is 0 Å². The number of amidine groups is 1. The van der Waals surface area contributed by atoms with Crippen LogP contribution in [0.25, 0.3) is 0 Å². The number of carbonyl (C=O) groups is 1. The lowest BCUT2D eigenvalue weighted by molar-refractivity contribution is 0.0229. The molecule has 0 bridgehead atoms. The van der Waals surface area contributed by atoms with Gasteiger partial charge in [0.2, 0.25) is 0 Å². The second-order valence-corrected chi connectivity index (χ2v) is 4.41. The number of methoxy groups -OCH3 is 1. The summed E-state index contributed by atoms with van der Waals surface area (Å²) < 4.78 is 5.31. The van der Waals surface area contributed by atoms with Crippen molar-refractivity contribution in [1.82, 2.24) is 4.90 Å². The summed E-state index contributed by atoms with van der Waals surface area (Å²) in [6.45, 7) is 3.83. The number of hydrogen-bond acceptors (Lipinski definition) is 3. The fourth-order valence-electron chi connectivity index (χ4n) is 2.09. The summed E-state index contributed by atoms with van der Waals surface area (Å²) in [5.41, 5.74) is 5.27. The van der Waals surface area contributed by atoms with E-state index in [-0.39, 0.29) is 12.1 Å². The number of amides is 2. The quantitative estimate of drug-likeness (QED) is 0.748. The maximum atomic E-state index is 11.7. The fourth-order valence-corrected chi connectivity index (χ4v) is 2.09. The Morgan fingerprint density at radius 1 is 1.67 bits per heavy atom. The summed E-state index contributed by atoms with van der Waals surface area (Å²) in [4.78, 5) is 17.3. The third-order valence-electron chi connectivity index (χ3n) is 3.50. The summed E-state index contributed by atoms with van der Waals surface area (Å²) in [5, 5.41) is 0. The molecule has 1 fully saturated rings. The number of rotatable bonds is 3. The Kier molecular flexibility index (Phi) is 2.22. The molecular formula is C10H17N3O2. The maximum Gasteiger partial charge on any atom is 0.346 e. The van der Waals surface area contributed by atoms with Gasteiger partial charge in [0.15, 0.2) is 0 Å². The highest BCUT2D eigenvalue weighted by Gasteiger charge is 2.54. The Labute approximate surface area is 89.3 Å². The van der Waals surface area contributed by atoms with Crippen molar-refractivity contribution in [2.45, 2.75) is 44.4 Å². The van der Waals surface area contributed by atoms with Gasteiger partial charge in [0.25, 0.3) is 0 Å². The summed E-state index contributed by atoms with van der Waals surface area (Å²) in [7, 11) is 1.62. The van der Waals surface area contributed by atoms with Crippen molar-refractivity contribution < 1.29 is 9.53 Å². The number of ether oxygens (including phenoxy) is 1. The standard InChI is InChI=1S/C10H17N3O2/c1-6(15-3)10(2)8(11)12-9(14)13(10)7-4-5-7/h6-7H,4-5H2,1-3H3,(H2,11,12,14). The zero-order valence-corrected chi connectivity index (χ0v) is 9.36. The zero-order chi connectivity index (χ0) is 11.2. The molecule has 0 spiro atoms. The molecule has 2 amide bonds. The van der Waals surface area contributed by atoms with Crippen LogP contribution >= 0.6 is 0 Å². The van der Waals surface area contributed by atoms with Gasteiger partial charge >= 0.3 is 6.03 Å². The number of aliphatic imine (C=N–C) groups is 1. The Balaban J connectivity index is 2.33. The van der Waals surface area contributed by atoms with E-state index >= 15 is 0 Å². The first-order valence-electron chi connectivity index (χ1n) is 5.22. The van der Waals surface area contributed by atoms with Crippen LogP contribution in [0.5, 0.6) is 0 Å². The van der Waals surface area contributed by atoms with Crippen LogP contribution in [0.3, 0.4) is 0 Å². The lowest BCUT2D eigenvalue weighted by atomic mass is 9.93. The van der Waals surface area contributed by atoms with Gasteiger partial charge in [-0.3, -0.25) is 0 Å². The SMILES string of the molecule is COC(C)C1(C)C(N)=NC(=O)N1C1CC1. The van der Waals surface area contributed by atoms with E-state index in [9.17, 15) is 4.79 Å². The summed E-state index contributed by atoms with van der Waals surface area (Å²) in [6, 6.07) is 0.0753.